The zero-order valence-electron chi connectivity index (χ0n) is 18.0. The van der Waals surface area contributed by atoms with E-state index in [0.29, 0.717) is 10.9 Å². The molecule has 0 aliphatic rings. The molecule has 0 amide bonds. The smallest absolute Gasteiger partial charge is 0.277 e. The van der Waals surface area contributed by atoms with E-state index in [0.717, 1.165) is 39.9 Å². The first-order valence-electron chi connectivity index (χ1n) is 10.1. The van der Waals surface area contributed by atoms with Gasteiger partial charge >= 0.3 is 0 Å². The van der Waals surface area contributed by atoms with E-state index in [4.69, 9.17) is 9.15 Å². The summed E-state index contributed by atoms with van der Waals surface area (Å²) < 4.78 is 11.3. The van der Waals surface area contributed by atoms with Gasteiger partial charge in [0, 0.05) is 10.9 Å². The largest absolute Gasteiger partial charge is 0.484 e. The van der Waals surface area contributed by atoms with Crippen molar-refractivity contribution < 1.29 is 13.9 Å². The molecule has 0 radical (unpaired) electrons. The standard InChI is InChI=1S/C24H20N4O3S2/c1-15-8-9-16(2)21(10-15)30-12-22-27-28-24(31-22)33-14-20(29)18(11-25)23-26-19(13-32-23)17-6-4-3-5-7-17/h3-10,13,18H,12,14H2,1-2H3. The molecule has 0 spiro atoms. The van der Waals surface area contributed by atoms with Crippen molar-refractivity contribution in [2.45, 2.75) is 31.6 Å². The molecule has 0 saturated heterocycles. The first-order valence-corrected chi connectivity index (χ1v) is 12.0. The molecule has 4 rings (SSSR count). The molecule has 0 aliphatic carbocycles. The van der Waals surface area contributed by atoms with Gasteiger partial charge in [-0.05, 0) is 31.0 Å². The first kappa shape index (κ1) is 22.7. The monoisotopic (exact) mass is 476 g/mol. The predicted octanol–water partition coefficient (Wildman–Crippen LogP) is 5.36. The van der Waals surface area contributed by atoms with Gasteiger partial charge in [-0.1, -0.05) is 54.2 Å². The Morgan fingerprint density at radius 1 is 1.21 bits per heavy atom. The number of nitriles is 1. The van der Waals surface area contributed by atoms with Gasteiger partial charge in [0.25, 0.3) is 11.1 Å². The Morgan fingerprint density at radius 2 is 2.03 bits per heavy atom. The van der Waals surface area contributed by atoms with E-state index in [1.54, 1.807) is 0 Å². The summed E-state index contributed by atoms with van der Waals surface area (Å²) in [5, 5.41) is 20.1. The third kappa shape index (κ3) is 5.66. The molecule has 0 N–H and O–H groups in total. The van der Waals surface area contributed by atoms with Crippen molar-refractivity contribution >= 4 is 28.9 Å². The Balaban J connectivity index is 1.34. The van der Waals surface area contributed by atoms with E-state index in [9.17, 15) is 10.1 Å². The number of ether oxygens (including phenoxy) is 1. The van der Waals surface area contributed by atoms with E-state index in [-0.39, 0.29) is 23.4 Å². The second kappa shape index (κ2) is 10.4. The van der Waals surface area contributed by atoms with Crippen LogP contribution in [0.3, 0.4) is 0 Å². The van der Waals surface area contributed by atoms with Crippen LogP contribution in [0.15, 0.2) is 63.6 Å². The number of hydrogen-bond donors (Lipinski definition) is 0. The summed E-state index contributed by atoms with van der Waals surface area (Å²) in [6, 6.07) is 17.7. The fourth-order valence-corrected chi connectivity index (χ4v) is 4.58. The van der Waals surface area contributed by atoms with E-state index in [2.05, 4.69) is 21.3 Å². The van der Waals surface area contributed by atoms with E-state index in [1.165, 1.54) is 11.3 Å². The number of ketones is 1. The number of hydrogen-bond acceptors (Lipinski definition) is 9. The SMILES string of the molecule is Cc1ccc(C)c(OCc2nnc(SCC(=O)C(C#N)c3nc(-c4ccccc4)cs3)o2)c1. The number of aryl methyl sites for hydroxylation is 2. The molecule has 33 heavy (non-hydrogen) atoms. The topological polar surface area (TPSA) is 102 Å². The zero-order chi connectivity index (χ0) is 23.2. The van der Waals surface area contributed by atoms with Crippen molar-refractivity contribution in [2.24, 2.45) is 0 Å². The molecule has 1 unspecified atom stereocenters. The van der Waals surface area contributed by atoms with Crippen LogP contribution in [0.2, 0.25) is 0 Å². The summed E-state index contributed by atoms with van der Waals surface area (Å²) in [4.78, 5) is 17.2. The Hall–Kier alpha value is -3.48. The van der Waals surface area contributed by atoms with Crippen LogP contribution < -0.4 is 4.74 Å². The summed E-state index contributed by atoms with van der Waals surface area (Å²) in [5.41, 5.74) is 3.81. The van der Waals surface area contributed by atoms with Crippen molar-refractivity contribution in [1.29, 1.82) is 5.26 Å². The lowest BCUT2D eigenvalue weighted by atomic mass is 10.1. The number of aromatic nitrogens is 3. The molecule has 2 heterocycles. The molecular formula is C24H20N4O3S2. The maximum Gasteiger partial charge on any atom is 0.277 e. The van der Waals surface area contributed by atoms with Crippen LogP contribution in [-0.2, 0) is 11.4 Å². The minimum absolute atomic E-state index is 0.0257. The Kier molecular flexibility index (Phi) is 7.17. The van der Waals surface area contributed by atoms with Gasteiger partial charge in [-0.2, -0.15) is 5.26 Å². The van der Waals surface area contributed by atoms with Gasteiger partial charge in [0.2, 0.25) is 0 Å². The number of rotatable bonds is 9. The highest BCUT2D eigenvalue weighted by molar-refractivity contribution is 7.99. The third-order valence-electron chi connectivity index (χ3n) is 4.77. The van der Waals surface area contributed by atoms with Gasteiger partial charge in [-0.15, -0.1) is 21.5 Å². The van der Waals surface area contributed by atoms with Crippen LogP contribution in [0.1, 0.15) is 27.9 Å². The van der Waals surface area contributed by atoms with Gasteiger partial charge in [-0.3, -0.25) is 4.79 Å². The quantitative estimate of drug-likeness (QED) is 0.298. The molecule has 0 saturated carbocycles. The van der Waals surface area contributed by atoms with Crippen LogP contribution in [0.4, 0.5) is 0 Å². The Bertz CT molecular complexity index is 1290. The highest BCUT2D eigenvalue weighted by Gasteiger charge is 2.24. The molecule has 2 aromatic heterocycles. The van der Waals surface area contributed by atoms with Crippen molar-refractivity contribution in [1.82, 2.24) is 15.2 Å². The lowest BCUT2D eigenvalue weighted by molar-refractivity contribution is -0.116. The highest BCUT2D eigenvalue weighted by Crippen LogP contribution is 2.28. The number of thioether (sulfide) groups is 1. The van der Waals surface area contributed by atoms with Crippen LogP contribution in [0.5, 0.6) is 5.75 Å². The van der Waals surface area contributed by atoms with Crippen molar-refractivity contribution in [2.75, 3.05) is 5.75 Å². The number of Topliss-reactive ketones (excluding diaryl/α,β-unsaturated/α-hetero) is 1. The minimum Gasteiger partial charge on any atom is -0.484 e. The minimum atomic E-state index is -0.935. The average molecular weight is 477 g/mol. The third-order valence-corrected chi connectivity index (χ3v) is 6.52. The molecule has 0 bridgehead atoms. The molecule has 2 aromatic carbocycles. The van der Waals surface area contributed by atoms with Gasteiger partial charge in [-0.25, -0.2) is 4.98 Å². The van der Waals surface area contributed by atoms with Gasteiger partial charge in [0.1, 0.15) is 10.8 Å². The van der Waals surface area contributed by atoms with Gasteiger partial charge in [0.05, 0.1) is 17.5 Å². The zero-order valence-corrected chi connectivity index (χ0v) is 19.7. The van der Waals surface area contributed by atoms with Crippen LogP contribution in [0.25, 0.3) is 11.3 Å². The summed E-state index contributed by atoms with van der Waals surface area (Å²) in [7, 11) is 0. The molecule has 0 fully saturated rings. The molecule has 166 valence electrons. The van der Waals surface area contributed by atoms with E-state index >= 15 is 0 Å². The van der Waals surface area contributed by atoms with Crippen molar-refractivity contribution in [3.05, 3.63) is 75.9 Å². The van der Waals surface area contributed by atoms with Crippen LogP contribution in [0, 0.1) is 25.2 Å². The number of carbonyl (C=O) groups is 1. The fraction of sp³-hybridized carbons (Fsp3) is 0.208. The molecule has 0 aliphatic heterocycles. The number of benzene rings is 2. The molecular weight excluding hydrogens is 456 g/mol. The van der Waals surface area contributed by atoms with E-state index in [1.807, 2.05) is 67.8 Å². The lowest BCUT2D eigenvalue weighted by Crippen LogP contribution is -2.13. The number of carbonyl (C=O) groups excluding carboxylic acids is 1. The van der Waals surface area contributed by atoms with Gasteiger partial charge < -0.3 is 9.15 Å². The average Bonchev–Trinajstić information content (AvgIpc) is 3.49. The summed E-state index contributed by atoms with van der Waals surface area (Å²) in [5.74, 6) is -0.0986. The van der Waals surface area contributed by atoms with Crippen molar-refractivity contribution in [3.8, 4) is 23.1 Å². The highest BCUT2D eigenvalue weighted by atomic mass is 32.2. The summed E-state index contributed by atoms with van der Waals surface area (Å²) in [6.07, 6.45) is 0. The maximum atomic E-state index is 12.7. The molecule has 9 heteroatoms. The van der Waals surface area contributed by atoms with Crippen LogP contribution >= 0.6 is 23.1 Å². The lowest BCUT2D eigenvalue weighted by Gasteiger charge is -2.07. The second-order valence-corrected chi connectivity index (χ2v) is 9.09. The maximum absolute atomic E-state index is 12.7. The number of nitrogens with zero attached hydrogens (tertiary/aromatic N) is 4. The molecule has 7 nitrogen and oxygen atoms in total. The molecule has 4 aromatic rings. The first-order chi connectivity index (χ1) is 16.0. The second-order valence-electron chi connectivity index (χ2n) is 7.27. The predicted molar refractivity (Wildman–Crippen MR) is 126 cm³/mol. The normalized spacial score (nSPS) is 11.7. The fourth-order valence-electron chi connectivity index (χ4n) is 3.00. The Labute approximate surface area is 199 Å². The van der Waals surface area contributed by atoms with Crippen LogP contribution in [-0.4, -0.2) is 26.7 Å². The Morgan fingerprint density at radius 3 is 2.82 bits per heavy atom. The number of thiazole rings is 1. The summed E-state index contributed by atoms with van der Waals surface area (Å²) >= 11 is 2.40. The summed E-state index contributed by atoms with van der Waals surface area (Å²) in [6.45, 7) is 4.09. The molecule has 1 atom stereocenters. The van der Waals surface area contributed by atoms with Gasteiger partial charge in [0.15, 0.2) is 18.3 Å². The van der Waals surface area contributed by atoms with E-state index < -0.39 is 5.92 Å². The van der Waals surface area contributed by atoms with Crippen molar-refractivity contribution in [3.63, 3.8) is 0 Å².